The summed E-state index contributed by atoms with van der Waals surface area (Å²) in [5.41, 5.74) is 7.69. The number of hydrogen-bond acceptors (Lipinski definition) is 5. The summed E-state index contributed by atoms with van der Waals surface area (Å²) in [6.07, 6.45) is 2.65. The molecule has 1 atom stereocenters. The molecule has 1 heterocycles. The predicted molar refractivity (Wildman–Crippen MR) is 81.8 cm³/mol. The van der Waals surface area contributed by atoms with Crippen LogP contribution in [-0.4, -0.2) is 23.3 Å². The Morgan fingerprint density at radius 1 is 1.33 bits per heavy atom. The lowest BCUT2D eigenvalue weighted by Gasteiger charge is -2.11. The van der Waals surface area contributed by atoms with E-state index in [2.05, 4.69) is 17.1 Å². The number of ether oxygens (including phenoxy) is 1. The number of aromatic nitrogens is 2. The Morgan fingerprint density at radius 3 is 2.90 bits per heavy atom. The van der Waals surface area contributed by atoms with Gasteiger partial charge >= 0.3 is 0 Å². The fraction of sp³-hybridized carbons (Fsp3) is 0.500. The Morgan fingerprint density at radius 2 is 2.19 bits per heavy atom. The van der Waals surface area contributed by atoms with Gasteiger partial charge in [0, 0.05) is 12.2 Å². The van der Waals surface area contributed by atoms with Gasteiger partial charge in [0.2, 0.25) is 5.82 Å². The van der Waals surface area contributed by atoms with Crippen LogP contribution in [0.3, 0.4) is 0 Å². The number of nitrogens with two attached hydrogens (primary N) is 1. The highest BCUT2D eigenvalue weighted by atomic mass is 16.5. The van der Waals surface area contributed by atoms with Crippen LogP contribution in [0, 0.1) is 0 Å². The van der Waals surface area contributed by atoms with Gasteiger partial charge in [-0.2, -0.15) is 4.98 Å². The summed E-state index contributed by atoms with van der Waals surface area (Å²) in [5, 5.41) is 4.07. The zero-order valence-electron chi connectivity index (χ0n) is 12.7. The first kappa shape index (κ1) is 15.7. The lowest BCUT2D eigenvalue weighted by molar-refractivity contribution is 0.0478. The highest BCUT2D eigenvalue weighted by Crippen LogP contribution is 2.24. The van der Waals surface area contributed by atoms with Gasteiger partial charge in [0.25, 0.3) is 5.89 Å². The molecule has 0 saturated carbocycles. The fourth-order valence-corrected chi connectivity index (χ4v) is 2.26. The molecule has 0 saturated heterocycles. The molecule has 0 aliphatic carbocycles. The molecule has 114 valence electrons. The van der Waals surface area contributed by atoms with Crippen LogP contribution in [0.5, 0.6) is 0 Å². The van der Waals surface area contributed by atoms with Crippen molar-refractivity contribution in [2.24, 2.45) is 5.73 Å². The summed E-state index contributed by atoms with van der Waals surface area (Å²) in [5.74, 6) is 1.16. The van der Waals surface area contributed by atoms with E-state index in [0.717, 1.165) is 24.8 Å². The van der Waals surface area contributed by atoms with Gasteiger partial charge in [-0.15, -0.1) is 0 Å². The number of benzene rings is 1. The topological polar surface area (TPSA) is 74.2 Å². The van der Waals surface area contributed by atoms with Crippen LogP contribution in [0.25, 0.3) is 11.5 Å². The Hall–Kier alpha value is -1.72. The second-order valence-electron chi connectivity index (χ2n) is 4.93. The lowest BCUT2D eigenvalue weighted by atomic mass is 10.1. The molecule has 21 heavy (non-hydrogen) atoms. The molecule has 2 aromatic rings. The van der Waals surface area contributed by atoms with Gasteiger partial charge in [-0.3, -0.25) is 0 Å². The molecule has 0 amide bonds. The van der Waals surface area contributed by atoms with E-state index >= 15 is 0 Å². The normalized spacial score (nSPS) is 12.5. The molecule has 0 aliphatic heterocycles. The van der Waals surface area contributed by atoms with Crippen molar-refractivity contribution in [2.75, 3.05) is 13.2 Å². The fourth-order valence-electron chi connectivity index (χ4n) is 2.26. The lowest BCUT2D eigenvalue weighted by Crippen LogP contribution is -2.06. The van der Waals surface area contributed by atoms with E-state index in [1.165, 1.54) is 5.56 Å². The van der Waals surface area contributed by atoms with Crippen LogP contribution in [0.4, 0.5) is 0 Å². The van der Waals surface area contributed by atoms with Crippen molar-refractivity contribution in [1.82, 2.24) is 10.1 Å². The van der Waals surface area contributed by atoms with E-state index in [1.807, 2.05) is 31.2 Å². The SMILES string of the molecule is CCCC(OCC)c1noc(-c2cccc(CCN)c2)n1. The molecule has 1 aromatic heterocycles. The van der Waals surface area contributed by atoms with E-state index in [4.69, 9.17) is 15.0 Å². The monoisotopic (exact) mass is 289 g/mol. The molecule has 0 aliphatic rings. The van der Waals surface area contributed by atoms with Gasteiger partial charge in [-0.05, 0) is 44.0 Å². The second kappa shape index (κ2) is 7.90. The van der Waals surface area contributed by atoms with Gasteiger partial charge in [0.15, 0.2) is 0 Å². The Labute approximate surface area is 125 Å². The van der Waals surface area contributed by atoms with Crippen molar-refractivity contribution in [1.29, 1.82) is 0 Å². The molecule has 5 heteroatoms. The maximum absolute atomic E-state index is 5.68. The van der Waals surface area contributed by atoms with Crippen molar-refractivity contribution in [3.63, 3.8) is 0 Å². The molecule has 1 aromatic carbocycles. The summed E-state index contributed by atoms with van der Waals surface area (Å²) >= 11 is 0. The molecular formula is C16H23N3O2. The molecule has 0 bridgehead atoms. The zero-order valence-corrected chi connectivity index (χ0v) is 12.7. The Balaban J connectivity index is 2.20. The minimum atomic E-state index is -0.0928. The molecular weight excluding hydrogens is 266 g/mol. The highest BCUT2D eigenvalue weighted by molar-refractivity contribution is 5.54. The highest BCUT2D eigenvalue weighted by Gasteiger charge is 2.18. The second-order valence-corrected chi connectivity index (χ2v) is 4.93. The standard InChI is InChI=1S/C16H23N3O2/c1-3-6-14(20-4-2)15-18-16(21-19-15)13-8-5-7-12(11-13)9-10-17/h5,7-8,11,14H,3-4,6,9-10,17H2,1-2H3. The van der Waals surface area contributed by atoms with E-state index < -0.39 is 0 Å². The van der Waals surface area contributed by atoms with Crippen LogP contribution in [0.1, 0.15) is 44.2 Å². The third kappa shape index (κ3) is 4.12. The summed E-state index contributed by atoms with van der Waals surface area (Å²) < 4.78 is 11.1. The predicted octanol–water partition coefficient (Wildman–Crippen LogP) is 3.12. The third-order valence-electron chi connectivity index (χ3n) is 3.26. The van der Waals surface area contributed by atoms with E-state index in [0.29, 0.717) is 24.9 Å². The first-order valence-electron chi connectivity index (χ1n) is 7.53. The largest absolute Gasteiger partial charge is 0.370 e. The molecule has 2 N–H and O–H groups in total. The summed E-state index contributed by atoms with van der Waals surface area (Å²) in [4.78, 5) is 4.49. The minimum absolute atomic E-state index is 0.0928. The maximum Gasteiger partial charge on any atom is 0.258 e. The van der Waals surface area contributed by atoms with Crippen molar-refractivity contribution >= 4 is 0 Å². The molecule has 2 rings (SSSR count). The van der Waals surface area contributed by atoms with Crippen LogP contribution < -0.4 is 5.73 Å². The van der Waals surface area contributed by atoms with Gasteiger partial charge in [-0.1, -0.05) is 30.6 Å². The number of hydrogen-bond donors (Lipinski definition) is 1. The van der Waals surface area contributed by atoms with E-state index in [9.17, 15) is 0 Å². The summed E-state index contributed by atoms with van der Waals surface area (Å²) in [7, 11) is 0. The van der Waals surface area contributed by atoms with Crippen molar-refractivity contribution < 1.29 is 9.26 Å². The zero-order chi connectivity index (χ0) is 15.1. The average Bonchev–Trinajstić information content (AvgIpc) is 2.97. The third-order valence-corrected chi connectivity index (χ3v) is 3.26. The van der Waals surface area contributed by atoms with Crippen LogP contribution in [-0.2, 0) is 11.2 Å². The number of rotatable bonds is 8. The smallest absolute Gasteiger partial charge is 0.258 e. The van der Waals surface area contributed by atoms with Gasteiger partial charge in [0.1, 0.15) is 6.10 Å². The van der Waals surface area contributed by atoms with Crippen LogP contribution in [0.15, 0.2) is 28.8 Å². The Bertz CT molecular complexity index is 548. The minimum Gasteiger partial charge on any atom is -0.370 e. The Kier molecular flexibility index (Phi) is 5.90. The van der Waals surface area contributed by atoms with Crippen LogP contribution >= 0.6 is 0 Å². The molecule has 0 radical (unpaired) electrons. The molecule has 1 unspecified atom stereocenters. The molecule has 0 spiro atoms. The van der Waals surface area contributed by atoms with Gasteiger partial charge in [-0.25, -0.2) is 0 Å². The quantitative estimate of drug-likeness (QED) is 0.808. The first-order chi connectivity index (χ1) is 10.3. The maximum atomic E-state index is 5.68. The van der Waals surface area contributed by atoms with E-state index in [-0.39, 0.29) is 6.10 Å². The first-order valence-corrected chi connectivity index (χ1v) is 7.53. The number of nitrogens with zero attached hydrogens (tertiary/aromatic N) is 2. The van der Waals surface area contributed by atoms with Crippen molar-refractivity contribution in [3.05, 3.63) is 35.7 Å². The summed E-state index contributed by atoms with van der Waals surface area (Å²) in [6, 6.07) is 8.04. The van der Waals surface area contributed by atoms with Crippen molar-refractivity contribution in [3.8, 4) is 11.5 Å². The van der Waals surface area contributed by atoms with E-state index in [1.54, 1.807) is 0 Å². The van der Waals surface area contributed by atoms with Gasteiger partial charge in [0.05, 0.1) is 0 Å². The molecule has 0 fully saturated rings. The summed E-state index contributed by atoms with van der Waals surface area (Å²) in [6.45, 7) is 5.35. The average molecular weight is 289 g/mol. The van der Waals surface area contributed by atoms with Crippen molar-refractivity contribution in [2.45, 2.75) is 39.2 Å². The van der Waals surface area contributed by atoms with Gasteiger partial charge < -0.3 is 15.0 Å². The van der Waals surface area contributed by atoms with Crippen LogP contribution in [0.2, 0.25) is 0 Å². The molecule has 5 nitrogen and oxygen atoms in total.